The Kier molecular flexibility index (Phi) is 3.89. The Balaban J connectivity index is 3.26. The molecule has 4 nitrogen and oxygen atoms in total. The van der Waals surface area contributed by atoms with Crippen molar-refractivity contribution in [1.82, 2.24) is 0 Å². The molecule has 1 rings (SSSR count). The zero-order chi connectivity index (χ0) is 12.3. The lowest BCUT2D eigenvalue weighted by atomic mass is 10.1. The van der Waals surface area contributed by atoms with Crippen molar-refractivity contribution in [2.24, 2.45) is 5.73 Å². The Morgan fingerprint density at radius 3 is 2.31 bits per heavy atom. The van der Waals surface area contributed by atoms with E-state index in [1.54, 1.807) is 0 Å². The average Bonchev–Trinajstić information content (AvgIpc) is 2.26. The van der Waals surface area contributed by atoms with Gasteiger partial charge in [0, 0.05) is 12.1 Å². The molecule has 0 bridgehead atoms. The number of hydrogen-bond donors (Lipinski definition) is 2. The van der Waals surface area contributed by atoms with Crippen molar-refractivity contribution in [2.75, 3.05) is 14.2 Å². The Labute approximate surface area is 91.6 Å². The van der Waals surface area contributed by atoms with Crippen LogP contribution >= 0.6 is 0 Å². The van der Waals surface area contributed by atoms with Crippen LogP contribution in [0, 0.1) is 0 Å². The van der Waals surface area contributed by atoms with E-state index in [-0.39, 0.29) is 17.1 Å². The van der Waals surface area contributed by atoms with E-state index in [0.29, 0.717) is 5.75 Å². The second-order valence-electron chi connectivity index (χ2n) is 3.12. The van der Waals surface area contributed by atoms with Gasteiger partial charge in [-0.2, -0.15) is 0 Å². The summed E-state index contributed by atoms with van der Waals surface area (Å²) in [5.74, 6) is 0.00761. The SMILES string of the molecule is COc1cc(O)c([C@H](N)C(F)F)c(OC)c1. The molecule has 0 unspecified atom stereocenters. The third kappa shape index (κ3) is 2.33. The second-order valence-corrected chi connectivity index (χ2v) is 3.12. The van der Waals surface area contributed by atoms with Crippen molar-refractivity contribution in [1.29, 1.82) is 0 Å². The normalized spacial score (nSPS) is 12.6. The van der Waals surface area contributed by atoms with Crippen LogP contribution in [0.5, 0.6) is 17.2 Å². The maximum absolute atomic E-state index is 12.5. The molecule has 0 radical (unpaired) electrons. The number of hydrogen-bond acceptors (Lipinski definition) is 4. The number of phenolic OH excluding ortho intramolecular Hbond substituents is 1. The van der Waals surface area contributed by atoms with Gasteiger partial charge in [-0.15, -0.1) is 0 Å². The molecule has 0 aromatic heterocycles. The van der Waals surface area contributed by atoms with Gasteiger partial charge >= 0.3 is 0 Å². The summed E-state index contributed by atoms with van der Waals surface area (Å²) in [7, 11) is 2.69. The quantitative estimate of drug-likeness (QED) is 0.830. The Hall–Kier alpha value is -1.56. The minimum Gasteiger partial charge on any atom is -0.507 e. The third-order valence-corrected chi connectivity index (χ3v) is 2.15. The fourth-order valence-corrected chi connectivity index (χ4v) is 1.34. The molecular weight excluding hydrogens is 220 g/mol. The lowest BCUT2D eigenvalue weighted by molar-refractivity contribution is 0.113. The first-order chi connectivity index (χ1) is 7.51. The molecule has 0 amide bonds. The smallest absolute Gasteiger partial charge is 0.257 e. The molecule has 0 aliphatic heterocycles. The summed E-state index contributed by atoms with van der Waals surface area (Å²) in [5.41, 5.74) is 5.15. The fraction of sp³-hybridized carbons (Fsp3) is 0.400. The van der Waals surface area contributed by atoms with Gasteiger partial charge in [0.2, 0.25) is 0 Å². The van der Waals surface area contributed by atoms with Gasteiger partial charge in [-0.1, -0.05) is 0 Å². The van der Waals surface area contributed by atoms with Crippen LogP contribution in [0.3, 0.4) is 0 Å². The lowest BCUT2D eigenvalue weighted by Crippen LogP contribution is -2.19. The molecule has 0 spiro atoms. The number of ether oxygens (including phenoxy) is 2. The van der Waals surface area contributed by atoms with Crippen molar-refractivity contribution in [3.05, 3.63) is 17.7 Å². The standard InChI is InChI=1S/C10H13F2NO3/c1-15-5-3-6(14)8(7(4-5)16-2)9(13)10(11)12/h3-4,9-10,14H,13H2,1-2H3/t9-/m0/s1. The van der Waals surface area contributed by atoms with Gasteiger partial charge in [0.05, 0.1) is 25.8 Å². The van der Waals surface area contributed by atoms with Crippen LogP contribution in [-0.2, 0) is 0 Å². The predicted octanol–water partition coefficient (Wildman–Crippen LogP) is 1.67. The molecule has 0 aliphatic carbocycles. The van der Waals surface area contributed by atoms with Crippen LogP contribution in [-0.4, -0.2) is 25.8 Å². The predicted molar refractivity (Wildman–Crippen MR) is 54.1 cm³/mol. The number of nitrogens with two attached hydrogens (primary N) is 1. The van der Waals surface area contributed by atoms with Crippen LogP contribution < -0.4 is 15.2 Å². The van der Waals surface area contributed by atoms with Crippen LogP contribution in [0.2, 0.25) is 0 Å². The van der Waals surface area contributed by atoms with E-state index in [9.17, 15) is 13.9 Å². The zero-order valence-electron chi connectivity index (χ0n) is 8.91. The summed E-state index contributed by atoms with van der Waals surface area (Å²) in [4.78, 5) is 0. The molecule has 0 saturated heterocycles. The van der Waals surface area contributed by atoms with E-state index in [1.165, 1.54) is 26.4 Å². The van der Waals surface area contributed by atoms with E-state index in [1.807, 2.05) is 0 Å². The number of aromatic hydroxyl groups is 1. The van der Waals surface area contributed by atoms with Crippen molar-refractivity contribution < 1.29 is 23.4 Å². The molecule has 0 aliphatic rings. The van der Waals surface area contributed by atoms with Crippen LogP contribution in [0.4, 0.5) is 8.78 Å². The van der Waals surface area contributed by atoms with Crippen LogP contribution in [0.25, 0.3) is 0 Å². The summed E-state index contributed by atoms with van der Waals surface area (Å²) in [5, 5.41) is 9.58. The highest BCUT2D eigenvalue weighted by atomic mass is 19.3. The third-order valence-electron chi connectivity index (χ3n) is 2.15. The number of methoxy groups -OCH3 is 2. The highest BCUT2D eigenvalue weighted by Gasteiger charge is 2.25. The van der Waals surface area contributed by atoms with Crippen molar-refractivity contribution in [2.45, 2.75) is 12.5 Å². The van der Waals surface area contributed by atoms with Crippen molar-refractivity contribution in [3.8, 4) is 17.2 Å². The van der Waals surface area contributed by atoms with Gasteiger partial charge in [0.1, 0.15) is 17.2 Å². The minimum atomic E-state index is -2.78. The monoisotopic (exact) mass is 233 g/mol. The fourth-order valence-electron chi connectivity index (χ4n) is 1.34. The van der Waals surface area contributed by atoms with Gasteiger partial charge in [0.25, 0.3) is 6.43 Å². The molecule has 0 fully saturated rings. The molecule has 16 heavy (non-hydrogen) atoms. The molecule has 0 saturated carbocycles. The first kappa shape index (κ1) is 12.5. The van der Waals surface area contributed by atoms with Gasteiger partial charge in [-0.25, -0.2) is 8.78 Å². The van der Waals surface area contributed by atoms with Gasteiger partial charge in [0.15, 0.2) is 0 Å². The first-order valence-corrected chi connectivity index (χ1v) is 4.49. The number of halogens is 2. The zero-order valence-corrected chi connectivity index (χ0v) is 8.91. The lowest BCUT2D eigenvalue weighted by Gasteiger charge is -2.17. The Bertz CT molecular complexity index is 371. The van der Waals surface area contributed by atoms with Gasteiger partial charge < -0.3 is 20.3 Å². The maximum Gasteiger partial charge on any atom is 0.257 e. The maximum atomic E-state index is 12.5. The molecule has 3 N–H and O–H groups in total. The highest BCUT2D eigenvalue weighted by molar-refractivity contribution is 5.51. The number of rotatable bonds is 4. The van der Waals surface area contributed by atoms with Gasteiger partial charge in [-0.3, -0.25) is 0 Å². The molecule has 6 heteroatoms. The Morgan fingerprint density at radius 2 is 1.88 bits per heavy atom. The summed E-state index contributed by atoms with van der Waals surface area (Å²) in [6.45, 7) is 0. The number of phenols is 1. The van der Waals surface area contributed by atoms with E-state index < -0.39 is 12.5 Å². The van der Waals surface area contributed by atoms with Crippen LogP contribution in [0.15, 0.2) is 12.1 Å². The summed E-state index contributed by atoms with van der Waals surface area (Å²) in [6.07, 6.45) is -2.78. The van der Waals surface area contributed by atoms with Crippen LogP contribution in [0.1, 0.15) is 11.6 Å². The summed E-state index contributed by atoms with van der Waals surface area (Å²) in [6, 6.07) is 0.998. The largest absolute Gasteiger partial charge is 0.507 e. The van der Waals surface area contributed by atoms with Gasteiger partial charge in [-0.05, 0) is 0 Å². The molecular formula is C10H13F2NO3. The highest BCUT2D eigenvalue weighted by Crippen LogP contribution is 2.38. The molecule has 0 heterocycles. The molecule has 90 valence electrons. The van der Waals surface area contributed by atoms with E-state index >= 15 is 0 Å². The molecule has 1 aromatic carbocycles. The van der Waals surface area contributed by atoms with E-state index in [0.717, 1.165) is 0 Å². The minimum absolute atomic E-state index is 0.0738. The first-order valence-electron chi connectivity index (χ1n) is 4.49. The summed E-state index contributed by atoms with van der Waals surface area (Å²) >= 11 is 0. The average molecular weight is 233 g/mol. The Morgan fingerprint density at radius 1 is 1.25 bits per heavy atom. The molecule has 1 aromatic rings. The number of benzene rings is 1. The topological polar surface area (TPSA) is 64.7 Å². The number of alkyl halides is 2. The second kappa shape index (κ2) is 4.98. The molecule has 1 atom stereocenters. The van der Waals surface area contributed by atoms with E-state index in [2.05, 4.69) is 0 Å². The van der Waals surface area contributed by atoms with Crippen molar-refractivity contribution in [3.63, 3.8) is 0 Å². The summed E-state index contributed by atoms with van der Waals surface area (Å²) < 4.78 is 34.7. The van der Waals surface area contributed by atoms with E-state index in [4.69, 9.17) is 15.2 Å². The van der Waals surface area contributed by atoms with Crippen molar-refractivity contribution >= 4 is 0 Å².